The molecule has 0 aliphatic heterocycles. The molecular formula is C19H31FmN6O5-. The molecule has 1 aromatic rings. The zero-order valence-electron chi connectivity index (χ0n) is 17.8. The largest absolute Gasteiger partial charge is 0.520 e. The minimum atomic E-state index is -0.726. The van der Waals surface area contributed by atoms with Gasteiger partial charge in [0.2, 0.25) is 11.8 Å². The maximum absolute atomic E-state index is 11.9. The first-order chi connectivity index (χ1) is 14.2. The second-order valence-electron chi connectivity index (χ2n) is 6.53. The fourth-order valence-electron chi connectivity index (χ4n) is 2.11. The Bertz CT molecular complexity index is 672. The van der Waals surface area contributed by atoms with Crippen molar-refractivity contribution in [1.29, 1.82) is 0 Å². The van der Waals surface area contributed by atoms with Crippen molar-refractivity contribution in [2.45, 2.75) is 39.8 Å². The van der Waals surface area contributed by atoms with Crippen molar-refractivity contribution >= 4 is 29.9 Å². The summed E-state index contributed by atoms with van der Waals surface area (Å²) < 4.78 is 0. The molecule has 0 aromatic heterocycles. The number of hydrogen-bond donors (Lipinski definition) is 6. The van der Waals surface area contributed by atoms with E-state index in [9.17, 15) is 19.2 Å². The van der Waals surface area contributed by atoms with Crippen LogP contribution in [0.1, 0.15) is 32.8 Å². The number of carbonyl (C=O) groups is 3. The van der Waals surface area contributed by atoms with E-state index in [2.05, 4.69) is 26.1 Å². The Morgan fingerprint density at radius 3 is 2.16 bits per heavy atom. The number of carbonyl (C=O) groups excluding carboxylic acids is 4. The van der Waals surface area contributed by atoms with Crippen molar-refractivity contribution in [2.75, 3.05) is 18.4 Å². The van der Waals surface area contributed by atoms with Gasteiger partial charge >= 0.3 is 6.03 Å². The van der Waals surface area contributed by atoms with Crippen molar-refractivity contribution in [3.05, 3.63) is 29.8 Å². The van der Waals surface area contributed by atoms with E-state index >= 15 is 0 Å². The van der Waals surface area contributed by atoms with E-state index in [1.807, 2.05) is 6.92 Å². The first kappa shape index (κ1) is 29.0. The molecule has 0 radical (unpaired) electrons. The molecule has 8 N–H and O–H groups in total. The molecule has 31 heavy (non-hydrogen) atoms. The summed E-state index contributed by atoms with van der Waals surface area (Å²) in [6.45, 7) is 6.28. The molecule has 5 amide bonds. The molecule has 0 saturated heterocycles. The molecule has 1 atom stereocenters. The van der Waals surface area contributed by atoms with Gasteiger partial charge in [0.05, 0.1) is 19.2 Å². The van der Waals surface area contributed by atoms with Gasteiger partial charge in [0.1, 0.15) is 0 Å². The average Bonchev–Trinajstić information content (AvgIpc) is 2.70. The zero-order valence-corrected chi connectivity index (χ0v) is 20.2. The van der Waals surface area contributed by atoms with Gasteiger partial charge in [-0.3, -0.25) is 14.4 Å². The first-order valence-corrected chi connectivity index (χ1v) is 9.39. The van der Waals surface area contributed by atoms with Crippen LogP contribution in [0.25, 0.3) is 0 Å². The first-order valence-electron chi connectivity index (χ1n) is 9.39. The maximum atomic E-state index is 11.9. The van der Waals surface area contributed by atoms with Gasteiger partial charge in [-0.25, -0.2) is 10.7 Å². The molecule has 0 spiro atoms. The molecule has 12 heteroatoms. The number of amides is 5. The Kier molecular flexibility index (Phi) is 15.7. The van der Waals surface area contributed by atoms with E-state index in [0.717, 1.165) is 12.0 Å². The number of nitrogens with two attached hydrogens (primary N) is 2. The van der Waals surface area contributed by atoms with E-state index in [1.54, 1.807) is 38.1 Å². The second kappa shape index (κ2) is 16.7. The predicted molar refractivity (Wildman–Crippen MR) is 112 cm³/mol. The van der Waals surface area contributed by atoms with Crippen LogP contribution in [0.15, 0.2) is 24.3 Å². The standard InChI is InChI=1S/C15H21N4O4.C4H10N2O.Fm/c1-10(2)14(18-9-20)15(22)17-7-13(21)19-12-5-3-11(4-6-12)8-23-16;1-2-3-6-4(5)7;/h3-6,10,14H,7-8,16H2,1-2H3,(H,17,22)(H,18,20)(H,19,21);2-3H2,1H3,(H3,5,6,7);/q-1;;. The molecule has 0 aliphatic rings. The quantitative estimate of drug-likeness (QED) is 0.108. The molecule has 0 bridgehead atoms. The Morgan fingerprint density at radius 1 is 1.13 bits per heavy atom. The van der Waals surface area contributed by atoms with Gasteiger partial charge in [-0.05, 0) is 30.0 Å². The third-order valence-electron chi connectivity index (χ3n) is 3.62. The summed E-state index contributed by atoms with van der Waals surface area (Å²) in [4.78, 5) is 48.4. The van der Waals surface area contributed by atoms with Crippen LogP contribution in [0.4, 0.5) is 10.5 Å². The number of nitrogens with one attached hydrogen (secondary N) is 4. The fraction of sp³-hybridized carbons (Fsp3) is 0.474. The molecule has 1 unspecified atom stereocenters. The van der Waals surface area contributed by atoms with Crippen LogP contribution in [0.5, 0.6) is 0 Å². The minimum absolute atomic E-state index is 0. The fourth-order valence-corrected chi connectivity index (χ4v) is 2.11. The summed E-state index contributed by atoms with van der Waals surface area (Å²) in [5, 5.41) is 9.85. The molecule has 0 aliphatic carbocycles. The summed E-state index contributed by atoms with van der Waals surface area (Å²) in [7, 11) is 0. The molecule has 11 nitrogen and oxygen atoms in total. The number of benzene rings is 1. The Balaban J connectivity index is 0. The van der Waals surface area contributed by atoms with Crippen molar-refractivity contribution in [1.82, 2.24) is 16.0 Å². The van der Waals surface area contributed by atoms with Crippen molar-refractivity contribution in [3.63, 3.8) is 0 Å². The predicted octanol–water partition coefficient (Wildman–Crippen LogP) is -0.122. The van der Waals surface area contributed by atoms with Gasteiger partial charge < -0.3 is 31.8 Å². The van der Waals surface area contributed by atoms with Crippen LogP contribution in [0.2, 0.25) is 0 Å². The van der Waals surface area contributed by atoms with Crippen LogP contribution in [0, 0.1) is 5.92 Å². The Morgan fingerprint density at radius 2 is 1.74 bits per heavy atom. The number of rotatable bonds is 11. The normalized spacial score (nSPS) is 10.5. The second-order valence-corrected chi connectivity index (χ2v) is 6.53. The minimum Gasteiger partial charge on any atom is -0.520 e. The summed E-state index contributed by atoms with van der Waals surface area (Å²) in [6.07, 6.45) is 2.43. The maximum Gasteiger partial charge on any atom is 0.312 e. The van der Waals surface area contributed by atoms with E-state index in [4.69, 9.17) is 11.6 Å². The number of hydrogen-bond acceptors (Lipinski definition) is 6. The summed E-state index contributed by atoms with van der Waals surface area (Å²) in [6, 6.07) is 5.76. The van der Waals surface area contributed by atoms with Crippen molar-refractivity contribution in [3.8, 4) is 0 Å². The third-order valence-corrected chi connectivity index (χ3v) is 3.62. The van der Waals surface area contributed by atoms with Gasteiger partial charge in [0, 0.05) is 12.2 Å². The number of anilines is 1. The number of primary amides is 1. The van der Waals surface area contributed by atoms with Gasteiger partial charge in [-0.15, -0.1) is 0 Å². The smallest absolute Gasteiger partial charge is 0.312 e. The zero-order chi connectivity index (χ0) is 22.9. The van der Waals surface area contributed by atoms with Crippen LogP contribution in [0.3, 0.4) is 0 Å². The topological polar surface area (TPSA) is 178 Å². The summed E-state index contributed by atoms with van der Waals surface area (Å²) in [5.41, 5.74) is 6.19. The van der Waals surface area contributed by atoms with E-state index < -0.39 is 18.0 Å². The van der Waals surface area contributed by atoms with E-state index in [-0.39, 0.29) is 25.0 Å². The molecule has 180 valence electrons. The molecule has 0 heterocycles. The van der Waals surface area contributed by atoms with E-state index in [0.29, 0.717) is 12.2 Å². The SMILES string of the molecule is CC(C)C(N[C-]=O)C(=O)NCC(=O)Nc1ccc(CON)cc1.CCCNC(N)=O.[Fm]. The summed E-state index contributed by atoms with van der Waals surface area (Å²) in [5.74, 6) is 4.05. The molecule has 0 saturated carbocycles. The number of urea groups is 1. The molecule has 1 rings (SSSR count). The monoisotopic (exact) mass is 680 g/mol. The average molecular weight is 680 g/mol. The van der Waals surface area contributed by atoms with Crippen LogP contribution in [-0.2, 0) is 25.8 Å². The van der Waals surface area contributed by atoms with Gasteiger partial charge in [0.25, 0.3) is 0 Å². The summed E-state index contributed by atoms with van der Waals surface area (Å²) >= 11 is 0. The van der Waals surface area contributed by atoms with E-state index in [1.165, 1.54) is 6.41 Å². The van der Waals surface area contributed by atoms with Gasteiger partial charge in [-0.1, -0.05) is 32.9 Å². The van der Waals surface area contributed by atoms with Crippen molar-refractivity contribution < 1.29 is 24.0 Å². The van der Waals surface area contributed by atoms with Gasteiger partial charge in [0.15, 0.2) is 0 Å². The van der Waals surface area contributed by atoms with Gasteiger partial charge in [-0.2, -0.15) is 6.41 Å². The Labute approximate surface area is 176 Å². The van der Waals surface area contributed by atoms with Crippen LogP contribution in [-0.4, -0.2) is 43.4 Å². The molecular weight excluding hydrogens is 649 g/mol. The van der Waals surface area contributed by atoms with Crippen molar-refractivity contribution in [2.24, 2.45) is 17.5 Å². The third kappa shape index (κ3) is 13.6. The molecule has 0 fully saturated rings. The molecule has 1 aromatic carbocycles. The van der Waals surface area contributed by atoms with Crippen LogP contribution < -0.4 is 32.9 Å². The van der Waals surface area contributed by atoms with Crippen LogP contribution >= 0.6 is 0 Å². The Hall–Kier alpha value is -4.18.